The van der Waals surface area contributed by atoms with Gasteiger partial charge < -0.3 is 0 Å². The van der Waals surface area contributed by atoms with E-state index in [0.29, 0.717) is 3.92 Å². The van der Waals surface area contributed by atoms with E-state index in [1.54, 1.807) is 0 Å². The molecule has 1 amide bonds. The molecule has 4 nitrogen and oxygen atoms in total. The van der Waals surface area contributed by atoms with Gasteiger partial charge in [0.1, 0.15) is 0 Å². The summed E-state index contributed by atoms with van der Waals surface area (Å²) in [6.45, 7) is 5.62. The van der Waals surface area contributed by atoms with Gasteiger partial charge in [0.25, 0.3) is 0 Å². The molecule has 4 rings (SSSR count). The fraction of sp³-hybridized carbons (Fsp3) is 0.533. The van der Waals surface area contributed by atoms with E-state index in [-0.39, 0.29) is 6.09 Å². The molecular weight excluding hydrogens is 367 g/mol. The quantitative estimate of drug-likeness (QED) is 0.569. The van der Waals surface area contributed by atoms with Crippen molar-refractivity contribution in [1.82, 2.24) is 4.90 Å². The first-order chi connectivity index (χ1) is 9.70. The zero-order chi connectivity index (χ0) is 13.9. The number of halogens is 1. The molecule has 0 unspecified atom stereocenters. The van der Waals surface area contributed by atoms with Crippen LogP contribution in [0.2, 0.25) is 0 Å². The number of nitrogens with zero attached hydrogens (tertiary/aromatic N) is 1. The fourth-order valence-corrected chi connectivity index (χ4v) is 5.47. The standard InChI is InChI=1S/C15H20IN2O2/c1-11-3-2-4-13(9-11)17-15(19)20-16-14-10-18-7-5-12(14)6-8-18/h2-4,9,12,14H,5-8,10H2,1H3,(H,17,19)/q-1/t14-/m0/s1. The number of carbonyl (C=O) groups is 1. The maximum atomic E-state index is 11.9. The second-order valence-corrected chi connectivity index (χ2v) is 8.15. The Labute approximate surface area is 130 Å². The number of nitrogens with one attached hydrogen (secondary N) is 1. The summed E-state index contributed by atoms with van der Waals surface area (Å²) < 4.78 is 6.14. The van der Waals surface area contributed by atoms with Gasteiger partial charge in [-0.1, -0.05) is 0 Å². The summed E-state index contributed by atoms with van der Waals surface area (Å²) in [5.74, 6) is 0.791. The molecular formula is C15H20IN2O2-. The van der Waals surface area contributed by atoms with Crippen LogP contribution >= 0.6 is 0 Å². The Morgan fingerprint density at radius 3 is 2.85 bits per heavy atom. The van der Waals surface area contributed by atoms with Crippen LogP contribution in [0.25, 0.3) is 0 Å². The second-order valence-electron chi connectivity index (χ2n) is 5.60. The monoisotopic (exact) mass is 387 g/mol. The first-order valence-corrected chi connectivity index (χ1v) is 9.24. The van der Waals surface area contributed by atoms with E-state index >= 15 is 0 Å². The molecule has 1 aromatic carbocycles. The number of hydrogen-bond donors (Lipinski definition) is 1. The van der Waals surface area contributed by atoms with Crippen molar-refractivity contribution in [3.63, 3.8) is 0 Å². The van der Waals surface area contributed by atoms with Gasteiger partial charge >= 0.3 is 131 Å². The molecule has 3 aliphatic rings. The number of rotatable bonds is 3. The fourth-order valence-electron chi connectivity index (χ4n) is 2.95. The Morgan fingerprint density at radius 1 is 1.40 bits per heavy atom. The molecule has 0 saturated carbocycles. The van der Waals surface area contributed by atoms with E-state index in [4.69, 9.17) is 3.07 Å². The zero-order valence-electron chi connectivity index (χ0n) is 11.6. The van der Waals surface area contributed by atoms with E-state index in [9.17, 15) is 4.79 Å². The third kappa shape index (κ3) is 3.44. The van der Waals surface area contributed by atoms with Gasteiger partial charge in [0.2, 0.25) is 0 Å². The van der Waals surface area contributed by atoms with E-state index in [2.05, 4.69) is 10.2 Å². The van der Waals surface area contributed by atoms with Crippen molar-refractivity contribution in [3.8, 4) is 0 Å². The number of fused-ring (bicyclic) bond motifs is 3. The number of amides is 1. The predicted molar refractivity (Wildman–Crippen MR) is 74.2 cm³/mol. The minimum atomic E-state index is -0.513. The number of anilines is 1. The Bertz CT molecular complexity index is 487. The third-order valence-electron chi connectivity index (χ3n) is 4.07. The molecule has 1 N–H and O–H groups in total. The Kier molecular flexibility index (Phi) is 4.45. The van der Waals surface area contributed by atoms with Crippen molar-refractivity contribution in [2.75, 3.05) is 25.0 Å². The van der Waals surface area contributed by atoms with Gasteiger partial charge in [0.05, 0.1) is 0 Å². The zero-order valence-corrected chi connectivity index (χ0v) is 13.8. The first-order valence-electron chi connectivity index (χ1n) is 7.11. The Hall–Kier alpha value is -0.820. The van der Waals surface area contributed by atoms with Gasteiger partial charge in [0.15, 0.2) is 0 Å². The molecule has 0 aromatic heterocycles. The predicted octanol–water partition coefficient (Wildman–Crippen LogP) is -0.358. The van der Waals surface area contributed by atoms with Crippen molar-refractivity contribution in [2.45, 2.75) is 23.7 Å². The average Bonchev–Trinajstić information content (AvgIpc) is 2.46. The summed E-state index contributed by atoms with van der Waals surface area (Å²) in [4.78, 5) is 14.4. The van der Waals surface area contributed by atoms with Crippen molar-refractivity contribution >= 4 is 11.8 Å². The van der Waals surface area contributed by atoms with Gasteiger partial charge in [-0.2, -0.15) is 0 Å². The minimum absolute atomic E-state index is 0.292. The molecule has 0 aliphatic carbocycles. The molecule has 3 saturated heterocycles. The molecule has 1 atom stereocenters. The number of aryl methyl sites for hydroxylation is 1. The summed E-state index contributed by atoms with van der Waals surface area (Å²) in [5, 5.41) is 2.82. The number of carbonyl (C=O) groups excluding carboxylic acids is 1. The van der Waals surface area contributed by atoms with Crippen molar-refractivity contribution in [3.05, 3.63) is 29.8 Å². The summed E-state index contributed by atoms with van der Waals surface area (Å²) in [7, 11) is 0. The molecule has 5 heteroatoms. The van der Waals surface area contributed by atoms with Gasteiger partial charge in [-0.05, 0) is 0 Å². The van der Waals surface area contributed by atoms with E-state index < -0.39 is 21.6 Å². The number of alkyl halides is 1. The first kappa shape index (κ1) is 14.1. The van der Waals surface area contributed by atoms with Crippen LogP contribution in [0.1, 0.15) is 18.4 Å². The maximum absolute atomic E-state index is 11.9. The molecule has 0 radical (unpaired) electrons. The van der Waals surface area contributed by atoms with E-state index in [1.807, 2.05) is 31.2 Å². The molecule has 3 fully saturated rings. The van der Waals surface area contributed by atoms with Gasteiger partial charge in [-0.3, -0.25) is 0 Å². The van der Waals surface area contributed by atoms with Crippen molar-refractivity contribution < 1.29 is 29.5 Å². The number of hydrogen-bond acceptors (Lipinski definition) is 3. The summed E-state index contributed by atoms with van der Waals surface area (Å²) in [6.07, 6.45) is 2.28. The van der Waals surface area contributed by atoms with Crippen molar-refractivity contribution in [1.29, 1.82) is 0 Å². The number of piperidine rings is 3. The topological polar surface area (TPSA) is 41.6 Å². The van der Waals surface area contributed by atoms with Crippen LogP contribution in [0.4, 0.5) is 10.5 Å². The third-order valence-corrected chi connectivity index (χ3v) is 6.79. The van der Waals surface area contributed by atoms with Crippen LogP contribution in [-0.2, 0) is 3.07 Å². The SMILES string of the molecule is Cc1cccc(NC(=O)O[I-][C@H]2CN3CCC2CC3)c1. The normalized spacial score (nSPS) is 28.4. The van der Waals surface area contributed by atoms with Crippen LogP contribution < -0.4 is 26.9 Å². The van der Waals surface area contributed by atoms with Crippen LogP contribution in [0.5, 0.6) is 0 Å². The summed E-state index contributed by atoms with van der Waals surface area (Å²) in [6, 6.07) is 7.79. The van der Waals surface area contributed by atoms with Gasteiger partial charge in [-0.15, -0.1) is 0 Å². The molecule has 3 heterocycles. The summed E-state index contributed by atoms with van der Waals surface area (Å²) >= 11 is -0.513. The molecule has 1 aromatic rings. The van der Waals surface area contributed by atoms with E-state index in [0.717, 1.165) is 23.7 Å². The van der Waals surface area contributed by atoms with Crippen LogP contribution in [0.15, 0.2) is 24.3 Å². The van der Waals surface area contributed by atoms with E-state index in [1.165, 1.54) is 25.9 Å². The Balaban J connectivity index is 1.47. The van der Waals surface area contributed by atoms with Crippen LogP contribution in [0.3, 0.4) is 0 Å². The number of benzene rings is 1. The second kappa shape index (κ2) is 6.30. The van der Waals surface area contributed by atoms with Gasteiger partial charge in [-0.25, -0.2) is 0 Å². The average molecular weight is 387 g/mol. The van der Waals surface area contributed by atoms with Crippen molar-refractivity contribution in [2.24, 2.45) is 5.92 Å². The van der Waals surface area contributed by atoms with Crippen LogP contribution in [-0.4, -0.2) is 34.6 Å². The molecule has 3 aliphatic heterocycles. The van der Waals surface area contributed by atoms with Gasteiger partial charge in [0, 0.05) is 0 Å². The molecule has 110 valence electrons. The van der Waals surface area contributed by atoms with Crippen LogP contribution in [0, 0.1) is 12.8 Å². The summed E-state index contributed by atoms with van der Waals surface area (Å²) in [5.41, 5.74) is 1.95. The Morgan fingerprint density at radius 2 is 2.20 bits per heavy atom. The molecule has 0 spiro atoms. The molecule has 2 bridgehead atoms. The molecule has 20 heavy (non-hydrogen) atoms.